The van der Waals surface area contributed by atoms with Crippen LogP contribution in [0.15, 0.2) is 4.63 Å². The summed E-state index contributed by atoms with van der Waals surface area (Å²) in [7, 11) is 0. The van der Waals surface area contributed by atoms with Crippen molar-refractivity contribution in [2.24, 2.45) is 11.8 Å². The molecule has 1 aromatic heterocycles. The molecule has 3 rings (SSSR count). The Morgan fingerprint density at radius 1 is 1.12 bits per heavy atom. The van der Waals surface area contributed by atoms with E-state index in [9.17, 15) is 9.59 Å². The highest BCUT2D eigenvalue weighted by molar-refractivity contribution is 6.22. The molecule has 1 saturated carbocycles. The number of imide groups is 1. The zero-order chi connectivity index (χ0) is 12.0. The number of nitrogen functional groups attached to an aromatic ring is 1. The van der Waals surface area contributed by atoms with E-state index in [1.54, 1.807) is 0 Å². The summed E-state index contributed by atoms with van der Waals surface area (Å²) in [5.74, 6) is -0.858. The molecule has 2 aliphatic rings. The fourth-order valence-electron chi connectivity index (χ4n) is 2.72. The van der Waals surface area contributed by atoms with E-state index in [1.807, 2.05) is 0 Å². The molecule has 1 aliphatic carbocycles. The fraction of sp³-hybridized carbons (Fsp3) is 0.600. The monoisotopic (exact) mass is 236 g/mol. The van der Waals surface area contributed by atoms with E-state index in [2.05, 4.69) is 14.9 Å². The van der Waals surface area contributed by atoms with Gasteiger partial charge in [0, 0.05) is 0 Å². The molecule has 2 amide bonds. The van der Waals surface area contributed by atoms with Gasteiger partial charge >= 0.3 is 0 Å². The molecule has 90 valence electrons. The second-order valence-electron chi connectivity index (χ2n) is 4.48. The summed E-state index contributed by atoms with van der Waals surface area (Å²) in [6.45, 7) is 0. The number of aromatic nitrogens is 2. The molecule has 1 aliphatic heterocycles. The maximum absolute atomic E-state index is 12.1. The van der Waals surface area contributed by atoms with Crippen LogP contribution in [0.1, 0.15) is 25.7 Å². The van der Waals surface area contributed by atoms with Gasteiger partial charge in [0.1, 0.15) is 0 Å². The average molecular weight is 236 g/mol. The van der Waals surface area contributed by atoms with Gasteiger partial charge in [-0.2, -0.15) is 0 Å². The number of rotatable bonds is 1. The van der Waals surface area contributed by atoms with Crippen molar-refractivity contribution in [1.82, 2.24) is 10.3 Å². The molecule has 2 heterocycles. The normalized spacial score (nSPS) is 28.6. The molecule has 0 spiro atoms. The Morgan fingerprint density at radius 3 is 2.18 bits per heavy atom. The van der Waals surface area contributed by atoms with E-state index in [4.69, 9.17) is 5.73 Å². The molecule has 0 aromatic carbocycles. The van der Waals surface area contributed by atoms with Crippen molar-refractivity contribution in [2.45, 2.75) is 25.7 Å². The lowest BCUT2D eigenvalue weighted by Gasteiger charge is -2.19. The number of nitrogens with zero attached hydrogens (tertiary/aromatic N) is 3. The Balaban J connectivity index is 1.99. The standard InChI is InChI=1S/C10H12N4O3/c11-7-8(13-17-12-7)14-9(15)5-3-1-2-4-6(5)10(14)16/h5-6H,1-4H2,(H2,11,12)/t5-,6-/m0/s1. The first-order chi connectivity index (χ1) is 8.20. The zero-order valence-corrected chi connectivity index (χ0v) is 9.13. The Hall–Kier alpha value is -1.92. The van der Waals surface area contributed by atoms with Crippen molar-refractivity contribution in [3.05, 3.63) is 0 Å². The molecule has 1 saturated heterocycles. The number of anilines is 2. The molecule has 2 fully saturated rings. The summed E-state index contributed by atoms with van der Waals surface area (Å²) in [4.78, 5) is 25.3. The smallest absolute Gasteiger partial charge is 0.239 e. The molecule has 0 bridgehead atoms. The molecular formula is C10H12N4O3. The van der Waals surface area contributed by atoms with Gasteiger partial charge in [0.05, 0.1) is 11.8 Å². The first-order valence-corrected chi connectivity index (χ1v) is 5.66. The first kappa shape index (κ1) is 10.2. The highest BCUT2D eigenvalue weighted by atomic mass is 16.6. The molecule has 0 radical (unpaired) electrons. The summed E-state index contributed by atoms with van der Waals surface area (Å²) < 4.78 is 4.44. The van der Waals surface area contributed by atoms with Gasteiger partial charge in [-0.15, -0.1) is 0 Å². The van der Waals surface area contributed by atoms with Crippen molar-refractivity contribution in [3.8, 4) is 0 Å². The van der Waals surface area contributed by atoms with E-state index in [0.29, 0.717) is 0 Å². The summed E-state index contributed by atoms with van der Waals surface area (Å²) >= 11 is 0. The van der Waals surface area contributed by atoms with Crippen LogP contribution < -0.4 is 10.6 Å². The minimum absolute atomic E-state index is 0.0228. The maximum Gasteiger partial charge on any atom is 0.239 e. The predicted molar refractivity (Wildman–Crippen MR) is 56.7 cm³/mol. The molecule has 17 heavy (non-hydrogen) atoms. The molecular weight excluding hydrogens is 224 g/mol. The van der Waals surface area contributed by atoms with Crippen LogP contribution in [-0.4, -0.2) is 22.1 Å². The lowest BCUT2D eigenvalue weighted by Crippen LogP contribution is -2.31. The second kappa shape index (κ2) is 3.54. The van der Waals surface area contributed by atoms with Gasteiger partial charge in [-0.1, -0.05) is 12.8 Å². The quantitative estimate of drug-likeness (QED) is 0.705. The van der Waals surface area contributed by atoms with E-state index < -0.39 is 0 Å². The van der Waals surface area contributed by atoms with Crippen molar-refractivity contribution >= 4 is 23.5 Å². The Bertz CT molecular complexity index is 460. The molecule has 7 nitrogen and oxygen atoms in total. The highest BCUT2D eigenvalue weighted by Crippen LogP contribution is 2.40. The molecule has 7 heteroatoms. The van der Waals surface area contributed by atoms with Gasteiger partial charge in [-0.3, -0.25) is 9.59 Å². The highest BCUT2D eigenvalue weighted by Gasteiger charge is 2.50. The first-order valence-electron chi connectivity index (χ1n) is 5.66. The van der Waals surface area contributed by atoms with Crippen molar-refractivity contribution in [3.63, 3.8) is 0 Å². The van der Waals surface area contributed by atoms with Crippen LogP contribution in [0.25, 0.3) is 0 Å². The van der Waals surface area contributed by atoms with Crippen LogP contribution in [0.4, 0.5) is 11.6 Å². The number of carbonyl (C=O) groups excluding carboxylic acids is 2. The molecule has 1 aromatic rings. The number of hydrogen-bond donors (Lipinski definition) is 1. The lowest BCUT2D eigenvalue weighted by molar-refractivity contribution is -0.122. The van der Waals surface area contributed by atoms with Crippen LogP contribution in [0.3, 0.4) is 0 Å². The fourth-order valence-corrected chi connectivity index (χ4v) is 2.72. The van der Waals surface area contributed by atoms with E-state index in [0.717, 1.165) is 30.6 Å². The Labute approximate surface area is 96.9 Å². The minimum atomic E-state index is -0.220. The van der Waals surface area contributed by atoms with E-state index in [-0.39, 0.29) is 35.3 Å². The summed E-state index contributed by atoms with van der Waals surface area (Å²) in [6.07, 6.45) is 3.50. The third-order valence-electron chi connectivity index (χ3n) is 3.55. The molecule has 2 atom stereocenters. The average Bonchev–Trinajstić information content (AvgIpc) is 2.84. The summed E-state index contributed by atoms with van der Waals surface area (Å²) in [6, 6.07) is 0. The van der Waals surface area contributed by atoms with Gasteiger partial charge in [0.15, 0.2) is 0 Å². The van der Waals surface area contributed by atoms with Gasteiger partial charge < -0.3 is 5.73 Å². The lowest BCUT2D eigenvalue weighted by atomic mass is 9.81. The number of hydrogen-bond acceptors (Lipinski definition) is 6. The molecule has 2 N–H and O–H groups in total. The van der Waals surface area contributed by atoms with Crippen molar-refractivity contribution < 1.29 is 14.2 Å². The van der Waals surface area contributed by atoms with Crippen LogP contribution in [0, 0.1) is 11.8 Å². The van der Waals surface area contributed by atoms with Crippen molar-refractivity contribution in [2.75, 3.05) is 10.6 Å². The van der Waals surface area contributed by atoms with Crippen molar-refractivity contribution in [1.29, 1.82) is 0 Å². The predicted octanol–water partition coefficient (Wildman–Crippen LogP) is 0.331. The number of amides is 2. The maximum atomic E-state index is 12.1. The van der Waals surface area contributed by atoms with Crippen LogP contribution in [-0.2, 0) is 9.59 Å². The minimum Gasteiger partial charge on any atom is -0.378 e. The van der Waals surface area contributed by atoms with E-state index in [1.165, 1.54) is 0 Å². The number of carbonyl (C=O) groups is 2. The third kappa shape index (κ3) is 1.35. The zero-order valence-electron chi connectivity index (χ0n) is 9.13. The van der Waals surface area contributed by atoms with Gasteiger partial charge in [0.2, 0.25) is 23.5 Å². The Kier molecular flexibility index (Phi) is 2.13. The third-order valence-corrected chi connectivity index (χ3v) is 3.55. The topological polar surface area (TPSA) is 102 Å². The van der Waals surface area contributed by atoms with Crippen LogP contribution >= 0.6 is 0 Å². The second-order valence-corrected chi connectivity index (χ2v) is 4.48. The van der Waals surface area contributed by atoms with Gasteiger partial charge in [-0.25, -0.2) is 9.53 Å². The number of fused-ring (bicyclic) bond motifs is 1. The SMILES string of the molecule is Nc1nonc1N1C(=O)[C@H]2CCCC[C@@H]2C1=O. The van der Waals surface area contributed by atoms with Crippen LogP contribution in [0.2, 0.25) is 0 Å². The van der Waals surface area contributed by atoms with Crippen LogP contribution in [0.5, 0.6) is 0 Å². The molecule has 0 unspecified atom stereocenters. The van der Waals surface area contributed by atoms with Gasteiger partial charge in [0.25, 0.3) is 0 Å². The van der Waals surface area contributed by atoms with E-state index >= 15 is 0 Å². The van der Waals surface area contributed by atoms with Gasteiger partial charge in [-0.05, 0) is 23.2 Å². The largest absolute Gasteiger partial charge is 0.378 e. The number of nitrogens with two attached hydrogens (primary N) is 1. The summed E-state index contributed by atoms with van der Waals surface area (Å²) in [5.41, 5.74) is 5.52. The Morgan fingerprint density at radius 2 is 1.71 bits per heavy atom. The summed E-state index contributed by atoms with van der Waals surface area (Å²) in [5, 5.41) is 6.92.